The van der Waals surface area contributed by atoms with Crippen LogP contribution >= 0.6 is 0 Å². The van der Waals surface area contributed by atoms with Crippen molar-refractivity contribution in [1.82, 2.24) is 19.9 Å². The smallest absolute Gasteiger partial charge is 0.416 e. The molecule has 0 saturated carbocycles. The molecule has 0 aliphatic rings. The number of rotatable bonds is 3. The van der Waals surface area contributed by atoms with Crippen LogP contribution in [0.2, 0.25) is 0 Å². The highest BCUT2D eigenvalue weighted by Crippen LogP contribution is 2.36. The molecular weight excluding hydrogens is 633 g/mol. The molecule has 0 spiro atoms. The topological polar surface area (TPSA) is 104 Å². The van der Waals surface area contributed by atoms with Crippen molar-refractivity contribution < 1.29 is 30.8 Å². The number of aromatic nitrogens is 4. The number of aryl methyl sites for hydroxylation is 1. The van der Waals surface area contributed by atoms with Gasteiger partial charge in [-0.3, -0.25) is 0 Å². The molecule has 10 rings (SSSR count). The van der Waals surface area contributed by atoms with Gasteiger partial charge in [-0.2, -0.15) is 13.2 Å². The summed E-state index contributed by atoms with van der Waals surface area (Å²) in [6.07, 6.45) is -4.42. The molecule has 0 bridgehead atoms. The molecule has 0 atom stereocenters. The average Bonchev–Trinajstić information content (AvgIpc) is 3.88. The summed E-state index contributed by atoms with van der Waals surface area (Å²) in [5.41, 5.74) is 6.58. The van der Waals surface area contributed by atoms with E-state index in [-0.39, 0.29) is 17.7 Å². The maximum atomic E-state index is 13.0. The SMILES string of the molecule is Cc1ccc(-c2nc3cc4cc5oc(-c6nc7cc8cc9oc(-c%10ccc(C(F)(F)F)cc%10)nc9cc8cc7o6)nc5cc4cc3o2)cc1. The van der Waals surface area contributed by atoms with Crippen LogP contribution in [0.4, 0.5) is 13.2 Å². The fraction of sp³-hybridized carbons (Fsp3) is 0.0526. The highest BCUT2D eigenvalue weighted by atomic mass is 19.4. The first-order chi connectivity index (χ1) is 23.7. The average molecular weight is 653 g/mol. The molecule has 0 saturated heterocycles. The number of oxazole rings is 4. The van der Waals surface area contributed by atoms with Gasteiger partial charge in [0.1, 0.15) is 22.1 Å². The summed E-state index contributed by atoms with van der Waals surface area (Å²) < 4.78 is 63.2. The third kappa shape index (κ3) is 4.54. The van der Waals surface area contributed by atoms with Gasteiger partial charge < -0.3 is 17.7 Å². The van der Waals surface area contributed by atoms with Crippen molar-refractivity contribution in [3.05, 3.63) is 108 Å². The lowest BCUT2D eigenvalue weighted by Gasteiger charge is -2.05. The molecule has 0 aliphatic carbocycles. The third-order valence-corrected chi connectivity index (χ3v) is 8.65. The first-order valence-electron chi connectivity index (χ1n) is 15.3. The Kier molecular flexibility index (Phi) is 5.50. The lowest BCUT2D eigenvalue weighted by molar-refractivity contribution is -0.137. The van der Waals surface area contributed by atoms with Crippen LogP contribution in [-0.4, -0.2) is 19.9 Å². The van der Waals surface area contributed by atoms with Crippen LogP contribution < -0.4 is 0 Å². The summed E-state index contributed by atoms with van der Waals surface area (Å²) in [4.78, 5) is 18.5. The molecule has 0 unspecified atom stereocenters. The summed E-state index contributed by atoms with van der Waals surface area (Å²) >= 11 is 0. The van der Waals surface area contributed by atoms with Crippen LogP contribution in [-0.2, 0) is 6.18 Å². The lowest BCUT2D eigenvalue weighted by atomic mass is 10.1. The highest BCUT2D eigenvalue weighted by Gasteiger charge is 2.30. The minimum absolute atomic E-state index is 0.226. The van der Waals surface area contributed by atoms with Gasteiger partial charge in [-0.05, 0) is 113 Å². The number of halogens is 3. The van der Waals surface area contributed by atoms with Crippen molar-refractivity contribution in [1.29, 1.82) is 0 Å². The van der Waals surface area contributed by atoms with Crippen molar-refractivity contribution in [2.75, 3.05) is 0 Å². The van der Waals surface area contributed by atoms with Crippen LogP contribution in [0.1, 0.15) is 11.1 Å². The van der Waals surface area contributed by atoms with Gasteiger partial charge in [0.15, 0.2) is 22.3 Å². The Morgan fingerprint density at radius 2 is 0.755 bits per heavy atom. The van der Waals surface area contributed by atoms with Crippen molar-refractivity contribution in [3.63, 3.8) is 0 Å². The Morgan fingerprint density at radius 1 is 0.429 bits per heavy atom. The Hall–Kier alpha value is -6.49. The van der Waals surface area contributed by atoms with E-state index >= 15 is 0 Å². The fourth-order valence-electron chi connectivity index (χ4n) is 6.12. The van der Waals surface area contributed by atoms with Gasteiger partial charge in [-0.25, -0.2) is 19.9 Å². The van der Waals surface area contributed by atoms with Gasteiger partial charge in [0, 0.05) is 11.1 Å². The van der Waals surface area contributed by atoms with Gasteiger partial charge in [0.05, 0.1) is 5.56 Å². The number of nitrogens with zero attached hydrogens (tertiary/aromatic N) is 4. The number of hydrogen-bond acceptors (Lipinski definition) is 8. The molecule has 0 radical (unpaired) electrons. The molecule has 0 N–H and O–H groups in total. The van der Waals surface area contributed by atoms with E-state index in [4.69, 9.17) is 22.7 Å². The molecule has 236 valence electrons. The molecule has 0 aliphatic heterocycles. The Bertz CT molecular complexity index is 2790. The molecule has 8 nitrogen and oxygen atoms in total. The second-order valence-electron chi connectivity index (χ2n) is 12.0. The first kappa shape index (κ1) is 27.6. The number of alkyl halides is 3. The van der Waals surface area contributed by atoms with Crippen molar-refractivity contribution in [3.8, 4) is 34.7 Å². The van der Waals surface area contributed by atoms with Crippen LogP contribution in [0.5, 0.6) is 0 Å². The van der Waals surface area contributed by atoms with Gasteiger partial charge in [-0.15, -0.1) is 0 Å². The monoisotopic (exact) mass is 652 g/mol. The molecule has 4 heterocycles. The molecule has 10 aromatic rings. The maximum absolute atomic E-state index is 13.0. The summed E-state index contributed by atoms with van der Waals surface area (Å²) in [7, 11) is 0. The van der Waals surface area contributed by atoms with Crippen molar-refractivity contribution in [2.45, 2.75) is 13.1 Å². The second kappa shape index (κ2) is 9.77. The predicted molar refractivity (Wildman–Crippen MR) is 178 cm³/mol. The number of benzene rings is 6. The van der Waals surface area contributed by atoms with Crippen LogP contribution in [0.3, 0.4) is 0 Å². The molecule has 0 amide bonds. The van der Waals surface area contributed by atoms with Crippen molar-refractivity contribution >= 4 is 65.9 Å². The van der Waals surface area contributed by atoms with Gasteiger partial charge >= 0.3 is 6.18 Å². The highest BCUT2D eigenvalue weighted by molar-refractivity contribution is 6.02. The van der Waals surface area contributed by atoms with E-state index in [1.54, 1.807) is 0 Å². The maximum Gasteiger partial charge on any atom is 0.416 e. The zero-order valence-electron chi connectivity index (χ0n) is 25.3. The second-order valence-corrected chi connectivity index (χ2v) is 12.0. The largest absolute Gasteiger partial charge is 0.436 e. The summed E-state index contributed by atoms with van der Waals surface area (Å²) in [5.74, 6) is 1.26. The molecule has 6 aromatic carbocycles. The molecule has 49 heavy (non-hydrogen) atoms. The molecule has 11 heteroatoms. The predicted octanol–water partition coefficient (Wildman–Crippen LogP) is 10.9. The zero-order chi connectivity index (χ0) is 33.0. The quantitative estimate of drug-likeness (QED) is 0.186. The van der Waals surface area contributed by atoms with Gasteiger partial charge in [0.2, 0.25) is 11.8 Å². The van der Waals surface area contributed by atoms with Crippen LogP contribution in [0.15, 0.2) is 115 Å². The lowest BCUT2D eigenvalue weighted by Crippen LogP contribution is -2.03. The summed E-state index contributed by atoms with van der Waals surface area (Å²) in [6.45, 7) is 2.04. The molecular formula is C38H19F3N4O4. The Morgan fingerprint density at radius 3 is 1.12 bits per heavy atom. The van der Waals surface area contributed by atoms with E-state index < -0.39 is 11.7 Å². The number of hydrogen-bond donors (Lipinski definition) is 0. The molecule has 4 aromatic heterocycles. The van der Waals surface area contributed by atoms with E-state index in [2.05, 4.69) is 15.0 Å². The van der Waals surface area contributed by atoms with Crippen molar-refractivity contribution in [2.24, 2.45) is 0 Å². The summed E-state index contributed by atoms with van der Waals surface area (Å²) in [6, 6.07) is 27.9. The van der Waals surface area contributed by atoms with E-state index in [1.165, 1.54) is 12.1 Å². The fourth-order valence-corrected chi connectivity index (χ4v) is 6.12. The Labute approximate surface area is 272 Å². The normalized spacial score (nSPS) is 12.5. The van der Waals surface area contributed by atoms with E-state index in [0.717, 1.165) is 50.3 Å². The summed E-state index contributed by atoms with van der Waals surface area (Å²) in [5, 5.41) is 3.49. The minimum Gasteiger partial charge on any atom is -0.436 e. The standard InChI is InChI=1S/C38H19F3N4O4/c1-18-2-4-19(5-3-18)34-42-26-10-21-16-32-28(12-23(21)14-30(26)46-34)44-36(48-32)37-45-29-13-24-15-31-27(11-22(24)17-33(29)49-37)43-35(47-31)20-6-8-25(9-7-20)38(39,40)41/h2-17H,1H3. The zero-order valence-corrected chi connectivity index (χ0v) is 25.3. The minimum atomic E-state index is -4.42. The first-order valence-corrected chi connectivity index (χ1v) is 15.3. The van der Waals surface area contributed by atoms with Crippen LogP contribution in [0, 0.1) is 6.92 Å². The molecule has 0 fully saturated rings. The van der Waals surface area contributed by atoms with Gasteiger partial charge in [-0.1, -0.05) is 17.7 Å². The Balaban J connectivity index is 0.987. The van der Waals surface area contributed by atoms with Gasteiger partial charge in [0.25, 0.3) is 11.8 Å². The van der Waals surface area contributed by atoms with E-state index in [9.17, 15) is 13.2 Å². The van der Waals surface area contributed by atoms with E-state index in [0.29, 0.717) is 50.3 Å². The third-order valence-electron chi connectivity index (χ3n) is 8.65. The number of fused-ring (bicyclic) bond motifs is 6. The van der Waals surface area contributed by atoms with E-state index in [1.807, 2.05) is 79.7 Å². The van der Waals surface area contributed by atoms with Crippen LogP contribution in [0.25, 0.3) is 101 Å².